The highest BCUT2D eigenvalue weighted by Gasteiger charge is 2.19. The molecule has 0 aromatic carbocycles. The van der Waals surface area contributed by atoms with Gasteiger partial charge in [-0.05, 0) is 18.9 Å². The largest absolute Gasteiger partial charge is 0.378 e. The number of ether oxygens (including phenoxy) is 1. The summed E-state index contributed by atoms with van der Waals surface area (Å²) < 4.78 is 18.1. The molecule has 0 N–H and O–H groups in total. The van der Waals surface area contributed by atoms with Gasteiger partial charge in [0, 0.05) is 7.11 Å². The van der Waals surface area contributed by atoms with Gasteiger partial charge in [-0.25, -0.2) is 4.39 Å². The first-order chi connectivity index (χ1) is 5.13. The van der Waals surface area contributed by atoms with E-state index in [2.05, 4.69) is 6.58 Å². The molecule has 1 nitrogen and oxygen atoms in total. The highest BCUT2D eigenvalue weighted by Crippen LogP contribution is 2.15. The SMILES string of the molecule is C=C(C)C(F)C(CCC)OC. The van der Waals surface area contributed by atoms with E-state index in [-0.39, 0.29) is 6.10 Å². The van der Waals surface area contributed by atoms with Crippen LogP contribution in [-0.2, 0) is 4.74 Å². The minimum Gasteiger partial charge on any atom is -0.378 e. The number of halogens is 1. The number of rotatable bonds is 5. The van der Waals surface area contributed by atoms with E-state index in [0.29, 0.717) is 5.57 Å². The molecule has 0 heterocycles. The van der Waals surface area contributed by atoms with Crippen LogP contribution in [0, 0.1) is 0 Å². The zero-order chi connectivity index (χ0) is 8.85. The molecule has 2 heteroatoms. The highest BCUT2D eigenvalue weighted by atomic mass is 19.1. The van der Waals surface area contributed by atoms with Crippen molar-refractivity contribution >= 4 is 0 Å². The minimum atomic E-state index is -1.01. The summed E-state index contributed by atoms with van der Waals surface area (Å²) in [6.07, 6.45) is 0.369. The molecule has 0 rings (SSSR count). The molecule has 0 aliphatic carbocycles. The van der Waals surface area contributed by atoms with Gasteiger partial charge in [-0.2, -0.15) is 0 Å². The molecule has 0 saturated carbocycles. The van der Waals surface area contributed by atoms with Crippen molar-refractivity contribution in [3.63, 3.8) is 0 Å². The Bertz CT molecular complexity index is 123. The van der Waals surface area contributed by atoms with Gasteiger partial charge in [-0.15, -0.1) is 0 Å². The Morgan fingerprint density at radius 3 is 2.45 bits per heavy atom. The number of alkyl halides is 1. The lowest BCUT2D eigenvalue weighted by atomic mass is 10.1. The fourth-order valence-electron chi connectivity index (χ4n) is 0.986. The van der Waals surface area contributed by atoms with Crippen LogP contribution >= 0.6 is 0 Å². The van der Waals surface area contributed by atoms with Gasteiger partial charge in [0.25, 0.3) is 0 Å². The van der Waals surface area contributed by atoms with E-state index >= 15 is 0 Å². The van der Waals surface area contributed by atoms with Crippen LogP contribution in [0.2, 0.25) is 0 Å². The molecule has 11 heavy (non-hydrogen) atoms. The summed E-state index contributed by atoms with van der Waals surface area (Å²) in [5, 5.41) is 0. The van der Waals surface area contributed by atoms with E-state index < -0.39 is 6.17 Å². The maximum absolute atomic E-state index is 13.2. The predicted octanol–water partition coefficient (Wildman–Crippen LogP) is 2.72. The van der Waals surface area contributed by atoms with Crippen molar-refractivity contribution in [2.45, 2.75) is 39.0 Å². The maximum Gasteiger partial charge on any atom is 0.147 e. The van der Waals surface area contributed by atoms with Crippen molar-refractivity contribution in [3.05, 3.63) is 12.2 Å². The molecular weight excluding hydrogens is 143 g/mol. The number of hydrogen-bond donors (Lipinski definition) is 0. The first kappa shape index (κ1) is 10.6. The van der Waals surface area contributed by atoms with Gasteiger partial charge in [0.05, 0.1) is 6.10 Å². The third-order valence-electron chi connectivity index (χ3n) is 1.67. The summed E-state index contributed by atoms with van der Waals surface area (Å²) in [6, 6.07) is 0. The van der Waals surface area contributed by atoms with Gasteiger partial charge < -0.3 is 4.74 Å². The van der Waals surface area contributed by atoms with Crippen molar-refractivity contribution in [2.24, 2.45) is 0 Å². The summed E-state index contributed by atoms with van der Waals surface area (Å²) in [4.78, 5) is 0. The Kier molecular flexibility index (Phi) is 5.12. The first-order valence-electron chi connectivity index (χ1n) is 3.95. The average Bonchev–Trinajstić information content (AvgIpc) is 1.98. The molecule has 0 radical (unpaired) electrons. The van der Waals surface area contributed by atoms with Crippen molar-refractivity contribution in [2.75, 3.05) is 7.11 Å². The lowest BCUT2D eigenvalue weighted by molar-refractivity contribution is 0.0406. The van der Waals surface area contributed by atoms with Crippen LogP contribution in [0.3, 0.4) is 0 Å². The van der Waals surface area contributed by atoms with Crippen molar-refractivity contribution in [1.29, 1.82) is 0 Å². The standard InChI is InChI=1S/C9H17FO/c1-5-6-8(11-4)9(10)7(2)3/h8-9H,2,5-6H2,1,3-4H3. The van der Waals surface area contributed by atoms with Gasteiger partial charge in [0.1, 0.15) is 6.17 Å². The minimum absolute atomic E-state index is 0.308. The van der Waals surface area contributed by atoms with Gasteiger partial charge in [0.2, 0.25) is 0 Å². The smallest absolute Gasteiger partial charge is 0.147 e. The normalized spacial score (nSPS) is 16.0. The zero-order valence-corrected chi connectivity index (χ0v) is 7.56. The molecule has 0 aliphatic rings. The Balaban J connectivity index is 3.91. The van der Waals surface area contributed by atoms with Crippen LogP contribution < -0.4 is 0 Å². The molecule has 0 bridgehead atoms. The van der Waals surface area contributed by atoms with Crippen LogP contribution in [0.1, 0.15) is 26.7 Å². The van der Waals surface area contributed by atoms with E-state index in [9.17, 15) is 4.39 Å². The summed E-state index contributed by atoms with van der Waals surface area (Å²) >= 11 is 0. The lowest BCUT2D eigenvalue weighted by Crippen LogP contribution is -2.24. The quantitative estimate of drug-likeness (QED) is 0.562. The van der Waals surface area contributed by atoms with Crippen LogP contribution in [0.5, 0.6) is 0 Å². The molecule has 2 atom stereocenters. The van der Waals surface area contributed by atoms with Crippen LogP contribution in [0.4, 0.5) is 4.39 Å². The van der Waals surface area contributed by atoms with Crippen LogP contribution in [0.25, 0.3) is 0 Å². The van der Waals surface area contributed by atoms with Crippen LogP contribution in [-0.4, -0.2) is 19.4 Å². The number of methoxy groups -OCH3 is 1. The topological polar surface area (TPSA) is 9.23 Å². The van der Waals surface area contributed by atoms with Gasteiger partial charge in [-0.3, -0.25) is 0 Å². The van der Waals surface area contributed by atoms with Gasteiger partial charge in [-0.1, -0.05) is 19.9 Å². The van der Waals surface area contributed by atoms with E-state index in [1.165, 1.54) is 7.11 Å². The summed E-state index contributed by atoms with van der Waals surface area (Å²) in [5.74, 6) is 0. The molecule has 2 unspecified atom stereocenters. The average molecular weight is 160 g/mol. The molecule has 66 valence electrons. The summed E-state index contributed by atoms with van der Waals surface area (Å²) in [6.45, 7) is 7.25. The zero-order valence-electron chi connectivity index (χ0n) is 7.56. The molecule has 0 fully saturated rings. The van der Waals surface area contributed by atoms with E-state index in [1.807, 2.05) is 6.92 Å². The summed E-state index contributed by atoms with van der Waals surface area (Å²) in [5.41, 5.74) is 0.547. The predicted molar refractivity (Wildman–Crippen MR) is 45.4 cm³/mol. The highest BCUT2D eigenvalue weighted by molar-refractivity contribution is 5.00. The second-order valence-corrected chi connectivity index (χ2v) is 2.81. The van der Waals surface area contributed by atoms with Gasteiger partial charge >= 0.3 is 0 Å². The fraction of sp³-hybridized carbons (Fsp3) is 0.778. The monoisotopic (exact) mass is 160 g/mol. The number of hydrogen-bond acceptors (Lipinski definition) is 1. The third kappa shape index (κ3) is 3.51. The van der Waals surface area contributed by atoms with E-state index in [0.717, 1.165) is 12.8 Å². The fourth-order valence-corrected chi connectivity index (χ4v) is 0.986. The Morgan fingerprint density at radius 2 is 2.18 bits per heavy atom. The summed E-state index contributed by atoms with van der Waals surface area (Å²) in [7, 11) is 1.54. The van der Waals surface area contributed by atoms with E-state index in [4.69, 9.17) is 4.74 Å². The maximum atomic E-state index is 13.2. The van der Waals surface area contributed by atoms with Crippen molar-refractivity contribution in [1.82, 2.24) is 0 Å². The molecule has 0 aromatic rings. The molecule has 0 aromatic heterocycles. The molecule has 0 saturated heterocycles. The Morgan fingerprint density at radius 1 is 1.64 bits per heavy atom. The van der Waals surface area contributed by atoms with Gasteiger partial charge in [0.15, 0.2) is 0 Å². The Labute approximate surface area is 68.2 Å². The second kappa shape index (κ2) is 5.30. The molecule has 0 spiro atoms. The molecular formula is C9H17FO. The third-order valence-corrected chi connectivity index (χ3v) is 1.67. The molecule has 0 aliphatic heterocycles. The van der Waals surface area contributed by atoms with Crippen molar-refractivity contribution < 1.29 is 9.13 Å². The van der Waals surface area contributed by atoms with Crippen LogP contribution in [0.15, 0.2) is 12.2 Å². The molecule has 0 amide bonds. The van der Waals surface area contributed by atoms with Crippen molar-refractivity contribution in [3.8, 4) is 0 Å². The first-order valence-corrected chi connectivity index (χ1v) is 3.95. The second-order valence-electron chi connectivity index (χ2n) is 2.81. The van der Waals surface area contributed by atoms with E-state index in [1.54, 1.807) is 6.92 Å². The lowest BCUT2D eigenvalue weighted by Gasteiger charge is -2.18. The Hall–Kier alpha value is -0.370.